The summed E-state index contributed by atoms with van der Waals surface area (Å²) in [5, 5.41) is 0. The molecule has 0 aliphatic carbocycles. The van der Waals surface area contributed by atoms with Crippen LogP contribution in [0.2, 0.25) is 0 Å². The lowest BCUT2D eigenvalue weighted by Gasteiger charge is -2.39. The third kappa shape index (κ3) is 3.86. The monoisotopic (exact) mass is 368 g/mol. The number of benzene rings is 1. The lowest BCUT2D eigenvalue weighted by molar-refractivity contribution is -0.136. The number of piperidine rings is 1. The van der Waals surface area contributed by atoms with E-state index in [-0.39, 0.29) is 11.5 Å². The second kappa shape index (κ2) is 7.35. The van der Waals surface area contributed by atoms with Crippen LogP contribution in [-0.2, 0) is 16.1 Å². The topological polar surface area (TPSA) is 50.6 Å². The first kappa shape index (κ1) is 18.0. The Morgan fingerprint density at radius 1 is 1.30 bits per heavy atom. The fraction of sp³-hybridized carbons (Fsp3) is 0.524. The van der Waals surface area contributed by atoms with Gasteiger partial charge in [0, 0.05) is 38.2 Å². The SMILES string of the molecule is Cc1ccc(N(C)[C@@H]2COC3(CCN(C(=O)Cn4ccnc4)CC3)C2)cc1. The van der Waals surface area contributed by atoms with Crippen molar-refractivity contribution in [3.63, 3.8) is 0 Å². The van der Waals surface area contributed by atoms with Crippen LogP contribution in [0.1, 0.15) is 24.8 Å². The first-order valence-corrected chi connectivity index (χ1v) is 9.72. The highest BCUT2D eigenvalue weighted by Crippen LogP contribution is 2.38. The van der Waals surface area contributed by atoms with E-state index in [0.29, 0.717) is 12.6 Å². The average Bonchev–Trinajstić information content (AvgIpc) is 3.33. The largest absolute Gasteiger partial charge is 0.373 e. The van der Waals surface area contributed by atoms with Crippen molar-refractivity contribution in [1.29, 1.82) is 0 Å². The lowest BCUT2D eigenvalue weighted by Crippen LogP contribution is -2.47. The summed E-state index contributed by atoms with van der Waals surface area (Å²) in [6.07, 6.45) is 8.09. The zero-order valence-electron chi connectivity index (χ0n) is 16.2. The van der Waals surface area contributed by atoms with Crippen molar-refractivity contribution in [2.24, 2.45) is 0 Å². The summed E-state index contributed by atoms with van der Waals surface area (Å²) in [5.74, 6) is 0.161. The van der Waals surface area contributed by atoms with Crippen LogP contribution in [0.15, 0.2) is 43.0 Å². The predicted octanol–water partition coefficient (Wildman–Crippen LogP) is 2.48. The Morgan fingerprint density at radius 3 is 2.70 bits per heavy atom. The number of aromatic nitrogens is 2. The molecule has 0 radical (unpaired) electrons. The molecule has 1 spiro atoms. The molecule has 4 rings (SSSR count). The van der Waals surface area contributed by atoms with Gasteiger partial charge in [-0.1, -0.05) is 17.7 Å². The number of imidazole rings is 1. The van der Waals surface area contributed by atoms with Gasteiger partial charge in [0.25, 0.3) is 0 Å². The van der Waals surface area contributed by atoms with Gasteiger partial charge < -0.3 is 19.1 Å². The quantitative estimate of drug-likeness (QED) is 0.832. The number of carbonyl (C=O) groups excluding carboxylic acids is 1. The maximum absolute atomic E-state index is 12.5. The fourth-order valence-electron chi connectivity index (χ4n) is 4.21. The molecule has 6 heteroatoms. The number of aryl methyl sites for hydroxylation is 1. The summed E-state index contributed by atoms with van der Waals surface area (Å²) in [6, 6.07) is 9.06. The number of likely N-dealkylation sites (tertiary alicyclic amines) is 1. The first-order valence-electron chi connectivity index (χ1n) is 9.72. The Balaban J connectivity index is 1.32. The Kier molecular flexibility index (Phi) is 4.91. The van der Waals surface area contributed by atoms with Crippen LogP contribution in [0.4, 0.5) is 5.69 Å². The molecule has 2 aromatic rings. The van der Waals surface area contributed by atoms with Crippen LogP contribution in [-0.4, -0.2) is 58.7 Å². The Hall–Kier alpha value is -2.34. The molecular weight excluding hydrogens is 340 g/mol. The zero-order chi connectivity index (χ0) is 18.9. The van der Waals surface area contributed by atoms with E-state index in [4.69, 9.17) is 4.74 Å². The second-order valence-corrected chi connectivity index (χ2v) is 7.91. The number of carbonyl (C=O) groups is 1. The smallest absolute Gasteiger partial charge is 0.242 e. The molecule has 1 atom stereocenters. The molecule has 2 fully saturated rings. The van der Waals surface area contributed by atoms with Gasteiger partial charge in [-0.2, -0.15) is 0 Å². The molecule has 1 aromatic carbocycles. The van der Waals surface area contributed by atoms with Gasteiger partial charge in [-0.25, -0.2) is 4.98 Å². The molecular formula is C21H28N4O2. The number of hydrogen-bond donors (Lipinski definition) is 0. The molecule has 0 bridgehead atoms. The number of ether oxygens (including phenoxy) is 1. The molecule has 6 nitrogen and oxygen atoms in total. The van der Waals surface area contributed by atoms with E-state index in [1.807, 2.05) is 15.7 Å². The average molecular weight is 368 g/mol. The van der Waals surface area contributed by atoms with Gasteiger partial charge in [-0.05, 0) is 38.3 Å². The van der Waals surface area contributed by atoms with Crippen molar-refractivity contribution < 1.29 is 9.53 Å². The third-order valence-corrected chi connectivity index (χ3v) is 6.08. The minimum Gasteiger partial charge on any atom is -0.373 e. The van der Waals surface area contributed by atoms with E-state index in [9.17, 15) is 4.79 Å². The van der Waals surface area contributed by atoms with Crippen molar-refractivity contribution in [2.45, 2.75) is 44.4 Å². The molecule has 2 aliphatic heterocycles. The van der Waals surface area contributed by atoms with Crippen LogP contribution in [0.3, 0.4) is 0 Å². The van der Waals surface area contributed by atoms with Gasteiger partial charge in [0.15, 0.2) is 0 Å². The highest BCUT2D eigenvalue weighted by atomic mass is 16.5. The Morgan fingerprint density at radius 2 is 2.04 bits per heavy atom. The van der Waals surface area contributed by atoms with Gasteiger partial charge in [0.1, 0.15) is 6.54 Å². The number of anilines is 1. The maximum Gasteiger partial charge on any atom is 0.242 e. The summed E-state index contributed by atoms with van der Waals surface area (Å²) in [7, 11) is 2.15. The van der Waals surface area contributed by atoms with Crippen LogP contribution in [0, 0.1) is 6.92 Å². The second-order valence-electron chi connectivity index (χ2n) is 7.91. The molecule has 1 aromatic heterocycles. The van der Waals surface area contributed by atoms with Crippen LogP contribution >= 0.6 is 0 Å². The number of amides is 1. The number of nitrogens with zero attached hydrogens (tertiary/aromatic N) is 4. The van der Waals surface area contributed by atoms with E-state index < -0.39 is 0 Å². The summed E-state index contributed by atoms with van der Waals surface area (Å²) < 4.78 is 8.12. The first-order chi connectivity index (χ1) is 13.0. The third-order valence-electron chi connectivity index (χ3n) is 6.08. The molecule has 0 unspecified atom stereocenters. The van der Waals surface area contributed by atoms with Gasteiger partial charge in [-0.3, -0.25) is 4.79 Å². The highest BCUT2D eigenvalue weighted by Gasteiger charge is 2.44. The number of likely N-dealkylation sites (N-methyl/N-ethyl adjacent to an activating group) is 1. The van der Waals surface area contributed by atoms with Crippen LogP contribution in [0.25, 0.3) is 0 Å². The van der Waals surface area contributed by atoms with Gasteiger partial charge in [0.05, 0.1) is 24.6 Å². The zero-order valence-corrected chi connectivity index (χ0v) is 16.2. The maximum atomic E-state index is 12.5. The van der Waals surface area contributed by atoms with E-state index in [1.54, 1.807) is 12.5 Å². The fourth-order valence-corrected chi connectivity index (χ4v) is 4.21. The molecule has 2 saturated heterocycles. The Bertz CT molecular complexity index is 764. The van der Waals surface area contributed by atoms with E-state index in [0.717, 1.165) is 39.0 Å². The van der Waals surface area contributed by atoms with E-state index >= 15 is 0 Å². The van der Waals surface area contributed by atoms with Crippen molar-refractivity contribution >= 4 is 11.6 Å². The summed E-state index contributed by atoms with van der Waals surface area (Å²) in [6.45, 7) is 4.78. The Labute approximate surface area is 160 Å². The van der Waals surface area contributed by atoms with E-state index in [2.05, 4.69) is 48.1 Å². The molecule has 27 heavy (non-hydrogen) atoms. The van der Waals surface area contributed by atoms with Crippen LogP contribution in [0.5, 0.6) is 0 Å². The molecule has 2 aliphatic rings. The molecule has 0 N–H and O–H groups in total. The molecule has 3 heterocycles. The van der Waals surface area contributed by atoms with Crippen LogP contribution < -0.4 is 4.90 Å². The van der Waals surface area contributed by atoms with Crippen molar-refractivity contribution in [3.05, 3.63) is 48.5 Å². The van der Waals surface area contributed by atoms with Crippen molar-refractivity contribution in [2.75, 3.05) is 31.6 Å². The standard InChI is InChI=1S/C21H28N4O2/c1-17-3-5-18(6-4-17)23(2)19-13-21(27-15-19)7-10-25(11-8-21)20(26)14-24-12-9-22-16-24/h3-6,9,12,16,19H,7-8,10-11,13-15H2,1-2H3/t19-/m0/s1. The summed E-state index contributed by atoms with van der Waals surface area (Å²) in [5.41, 5.74) is 2.44. The van der Waals surface area contributed by atoms with Crippen molar-refractivity contribution in [1.82, 2.24) is 14.5 Å². The number of hydrogen-bond acceptors (Lipinski definition) is 4. The molecule has 144 valence electrons. The summed E-state index contributed by atoms with van der Waals surface area (Å²) >= 11 is 0. The minimum atomic E-state index is -0.0740. The number of rotatable bonds is 4. The normalized spacial score (nSPS) is 21.6. The molecule has 0 saturated carbocycles. The predicted molar refractivity (Wildman–Crippen MR) is 105 cm³/mol. The minimum absolute atomic E-state index is 0.0740. The van der Waals surface area contributed by atoms with Gasteiger partial charge >= 0.3 is 0 Å². The highest BCUT2D eigenvalue weighted by molar-refractivity contribution is 5.76. The summed E-state index contributed by atoms with van der Waals surface area (Å²) in [4.78, 5) is 20.8. The van der Waals surface area contributed by atoms with Crippen molar-refractivity contribution in [3.8, 4) is 0 Å². The molecule has 1 amide bonds. The van der Waals surface area contributed by atoms with E-state index in [1.165, 1.54) is 11.3 Å². The van der Waals surface area contributed by atoms with Gasteiger partial charge in [-0.15, -0.1) is 0 Å². The van der Waals surface area contributed by atoms with Gasteiger partial charge in [0.2, 0.25) is 5.91 Å². The lowest BCUT2D eigenvalue weighted by atomic mass is 9.87.